The lowest BCUT2D eigenvalue weighted by Gasteiger charge is -2.44. The molecule has 1 fully saturated rings. The molecule has 98 valence electrons. The molecule has 1 aromatic carbocycles. The molecule has 1 amide bonds. The Morgan fingerprint density at radius 2 is 2.05 bits per heavy atom. The summed E-state index contributed by atoms with van der Waals surface area (Å²) in [5.74, 6) is 0.342. The summed E-state index contributed by atoms with van der Waals surface area (Å²) >= 11 is 0. The largest absolute Gasteiger partial charge is 0.423 e. The topological polar surface area (TPSA) is 79.5 Å². The average molecular weight is 259 g/mol. The van der Waals surface area contributed by atoms with Gasteiger partial charge in [0.25, 0.3) is 5.91 Å². The molecule has 0 radical (unpaired) electrons. The highest BCUT2D eigenvalue weighted by Gasteiger charge is 2.39. The van der Waals surface area contributed by atoms with Crippen molar-refractivity contribution in [3.8, 4) is 11.5 Å². The van der Waals surface area contributed by atoms with Crippen LogP contribution in [0.5, 0.6) is 0 Å². The van der Waals surface area contributed by atoms with E-state index in [1.165, 1.54) is 6.39 Å². The number of nitrogens with zero attached hydrogens (tertiary/aromatic N) is 3. The molecule has 1 N–H and O–H groups in total. The van der Waals surface area contributed by atoms with Crippen molar-refractivity contribution in [2.45, 2.75) is 12.5 Å². The van der Waals surface area contributed by atoms with Gasteiger partial charge in [0.05, 0.1) is 18.7 Å². The standard InChI is InChI=1S/C13H13N3O3/c1-13(18)6-16(7-13)12(17)10-4-2-9(3-5-10)11-15-14-8-19-11/h2-5,8,18H,6-7H2,1H3. The number of aliphatic hydroxyl groups is 1. The van der Waals surface area contributed by atoms with E-state index in [0.717, 1.165) is 5.56 Å². The fourth-order valence-corrected chi connectivity index (χ4v) is 2.16. The molecule has 2 aromatic rings. The van der Waals surface area contributed by atoms with Crippen LogP contribution in [-0.4, -0.2) is 44.8 Å². The molecule has 1 saturated heterocycles. The van der Waals surface area contributed by atoms with Gasteiger partial charge in [0.2, 0.25) is 12.3 Å². The maximum atomic E-state index is 12.1. The molecule has 1 aromatic heterocycles. The first kappa shape index (κ1) is 11.9. The van der Waals surface area contributed by atoms with Crippen LogP contribution in [0.1, 0.15) is 17.3 Å². The van der Waals surface area contributed by atoms with Crippen molar-refractivity contribution in [3.05, 3.63) is 36.2 Å². The number of carbonyl (C=O) groups excluding carboxylic acids is 1. The molecule has 1 aliphatic rings. The van der Waals surface area contributed by atoms with Crippen LogP contribution in [0.15, 0.2) is 35.1 Å². The monoisotopic (exact) mass is 259 g/mol. The smallest absolute Gasteiger partial charge is 0.254 e. The number of hydrogen-bond acceptors (Lipinski definition) is 5. The summed E-state index contributed by atoms with van der Waals surface area (Å²) < 4.78 is 5.08. The first-order valence-electron chi connectivity index (χ1n) is 5.93. The van der Waals surface area contributed by atoms with Crippen molar-refractivity contribution < 1.29 is 14.3 Å². The Balaban J connectivity index is 1.75. The predicted octanol–water partition coefficient (Wildman–Crippen LogP) is 0.943. The fourth-order valence-electron chi connectivity index (χ4n) is 2.16. The van der Waals surface area contributed by atoms with Crippen LogP contribution in [0.4, 0.5) is 0 Å². The van der Waals surface area contributed by atoms with E-state index in [1.807, 2.05) is 0 Å². The summed E-state index contributed by atoms with van der Waals surface area (Å²) in [6.07, 6.45) is 1.26. The molecule has 1 aliphatic heterocycles. The van der Waals surface area contributed by atoms with Gasteiger partial charge in [-0.05, 0) is 31.2 Å². The SMILES string of the molecule is CC1(O)CN(C(=O)c2ccc(-c3nnco3)cc2)C1. The molecular weight excluding hydrogens is 246 g/mol. The summed E-state index contributed by atoms with van der Waals surface area (Å²) in [7, 11) is 0. The summed E-state index contributed by atoms with van der Waals surface area (Å²) in [4.78, 5) is 13.7. The molecule has 0 atom stereocenters. The van der Waals surface area contributed by atoms with E-state index in [9.17, 15) is 9.90 Å². The van der Waals surface area contributed by atoms with E-state index in [0.29, 0.717) is 24.5 Å². The molecule has 0 spiro atoms. The Morgan fingerprint density at radius 1 is 1.37 bits per heavy atom. The van der Waals surface area contributed by atoms with E-state index < -0.39 is 5.60 Å². The van der Waals surface area contributed by atoms with Crippen molar-refractivity contribution in [1.82, 2.24) is 15.1 Å². The molecule has 2 heterocycles. The van der Waals surface area contributed by atoms with Crippen molar-refractivity contribution >= 4 is 5.91 Å². The maximum absolute atomic E-state index is 12.1. The number of amides is 1. The van der Waals surface area contributed by atoms with Crippen LogP contribution >= 0.6 is 0 Å². The van der Waals surface area contributed by atoms with Gasteiger partial charge in [-0.3, -0.25) is 4.79 Å². The number of β-amino-alcohol motifs (C(OH)–C–C–N with tert-alkyl or cyclic N) is 1. The second-order valence-corrected chi connectivity index (χ2v) is 4.98. The fraction of sp³-hybridized carbons (Fsp3) is 0.308. The normalized spacial score (nSPS) is 17.1. The zero-order valence-electron chi connectivity index (χ0n) is 10.4. The lowest BCUT2D eigenvalue weighted by molar-refractivity contribution is -0.0668. The molecule has 6 heteroatoms. The van der Waals surface area contributed by atoms with Gasteiger partial charge >= 0.3 is 0 Å². The van der Waals surface area contributed by atoms with Crippen LogP contribution in [0.25, 0.3) is 11.5 Å². The molecule has 0 saturated carbocycles. The van der Waals surface area contributed by atoms with Crippen LogP contribution < -0.4 is 0 Å². The minimum Gasteiger partial charge on any atom is -0.423 e. The third-order valence-corrected chi connectivity index (χ3v) is 3.09. The molecule has 6 nitrogen and oxygen atoms in total. The van der Waals surface area contributed by atoms with Crippen LogP contribution in [0.2, 0.25) is 0 Å². The predicted molar refractivity (Wildman–Crippen MR) is 66.3 cm³/mol. The summed E-state index contributed by atoms with van der Waals surface area (Å²) in [5.41, 5.74) is 0.600. The number of benzene rings is 1. The Bertz CT molecular complexity index is 582. The van der Waals surface area contributed by atoms with Crippen molar-refractivity contribution in [3.63, 3.8) is 0 Å². The van der Waals surface area contributed by atoms with E-state index >= 15 is 0 Å². The average Bonchev–Trinajstić information content (AvgIpc) is 2.89. The molecule has 19 heavy (non-hydrogen) atoms. The van der Waals surface area contributed by atoms with E-state index in [1.54, 1.807) is 36.1 Å². The quantitative estimate of drug-likeness (QED) is 0.868. The highest BCUT2D eigenvalue weighted by Crippen LogP contribution is 2.23. The summed E-state index contributed by atoms with van der Waals surface area (Å²) in [6.45, 7) is 2.46. The van der Waals surface area contributed by atoms with Crippen LogP contribution in [-0.2, 0) is 0 Å². The molecule has 3 rings (SSSR count). The number of rotatable bonds is 2. The van der Waals surface area contributed by atoms with E-state index in [4.69, 9.17) is 4.42 Å². The molecular formula is C13H13N3O3. The van der Waals surface area contributed by atoms with E-state index in [-0.39, 0.29) is 5.91 Å². The first-order chi connectivity index (χ1) is 9.05. The third kappa shape index (κ3) is 2.22. The zero-order chi connectivity index (χ0) is 13.5. The number of likely N-dealkylation sites (tertiary alicyclic amines) is 1. The third-order valence-electron chi connectivity index (χ3n) is 3.09. The highest BCUT2D eigenvalue weighted by atomic mass is 16.4. The molecule has 0 aliphatic carbocycles. The minimum atomic E-state index is -0.751. The molecule has 0 unspecified atom stereocenters. The first-order valence-corrected chi connectivity index (χ1v) is 5.93. The molecule has 0 bridgehead atoms. The van der Waals surface area contributed by atoms with Crippen LogP contribution in [0.3, 0.4) is 0 Å². The second-order valence-electron chi connectivity index (χ2n) is 4.98. The van der Waals surface area contributed by atoms with Crippen molar-refractivity contribution in [1.29, 1.82) is 0 Å². The van der Waals surface area contributed by atoms with Gasteiger partial charge < -0.3 is 14.4 Å². The van der Waals surface area contributed by atoms with Gasteiger partial charge in [-0.15, -0.1) is 10.2 Å². The van der Waals surface area contributed by atoms with Gasteiger partial charge in [-0.25, -0.2) is 0 Å². The highest BCUT2D eigenvalue weighted by molar-refractivity contribution is 5.95. The van der Waals surface area contributed by atoms with E-state index in [2.05, 4.69) is 10.2 Å². The maximum Gasteiger partial charge on any atom is 0.254 e. The van der Waals surface area contributed by atoms with Gasteiger partial charge in [0.1, 0.15) is 0 Å². The summed E-state index contributed by atoms with van der Waals surface area (Å²) in [5, 5.41) is 17.0. The Hall–Kier alpha value is -2.21. The summed E-state index contributed by atoms with van der Waals surface area (Å²) in [6, 6.07) is 6.96. The number of aromatic nitrogens is 2. The Kier molecular flexibility index (Phi) is 2.60. The van der Waals surface area contributed by atoms with Crippen molar-refractivity contribution in [2.75, 3.05) is 13.1 Å². The van der Waals surface area contributed by atoms with Gasteiger partial charge in [0.15, 0.2) is 0 Å². The Morgan fingerprint density at radius 3 is 2.58 bits per heavy atom. The Labute approximate surface area is 109 Å². The zero-order valence-corrected chi connectivity index (χ0v) is 10.4. The van der Waals surface area contributed by atoms with Gasteiger partial charge in [0, 0.05) is 11.1 Å². The lowest BCUT2D eigenvalue weighted by atomic mass is 9.96. The van der Waals surface area contributed by atoms with Crippen LogP contribution in [0, 0.1) is 0 Å². The number of carbonyl (C=O) groups is 1. The van der Waals surface area contributed by atoms with Gasteiger partial charge in [-0.2, -0.15) is 0 Å². The lowest BCUT2D eigenvalue weighted by Crippen LogP contribution is -2.61. The minimum absolute atomic E-state index is 0.0800. The van der Waals surface area contributed by atoms with Gasteiger partial charge in [-0.1, -0.05) is 0 Å². The second kappa shape index (κ2) is 4.17. The number of hydrogen-bond donors (Lipinski definition) is 1. The van der Waals surface area contributed by atoms with Crippen molar-refractivity contribution in [2.24, 2.45) is 0 Å².